The summed E-state index contributed by atoms with van der Waals surface area (Å²) in [4.78, 5) is 2.47. The zero-order valence-corrected chi connectivity index (χ0v) is 14.3. The minimum absolute atomic E-state index is 0.497. The summed E-state index contributed by atoms with van der Waals surface area (Å²) < 4.78 is 1.87. The Kier molecular flexibility index (Phi) is 7.56. The fraction of sp³-hybridized carbons (Fsp3) is 0.800. The van der Waals surface area contributed by atoms with E-state index in [2.05, 4.69) is 36.1 Å². The minimum atomic E-state index is 0.497. The molecule has 1 N–H and O–H groups in total. The molecule has 0 bridgehead atoms. The average Bonchev–Trinajstić information content (AvgIpc) is 2.66. The minimum Gasteiger partial charge on any atom is -0.309 e. The smallest absolute Gasteiger partial charge is 0.0860 e. The van der Waals surface area contributed by atoms with Gasteiger partial charge in [0.2, 0.25) is 0 Å². The molecule has 4 nitrogen and oxygen atoms in total. The Morgan fingerprint density at radius 3 is 2.50 bits per heavy atom. The number of aromatic nitrogens is 2. The normalized spacial score (nSPS) is 13.2. The van der Waals surface area contributed by atoms with E-state index >= 15 is 0 Å². The highest BCUT2D eigenvalue weighted by Crippen LogP contribution is 2.19. The zero-order chi connectivity index (χ0) is 15.1. The second-order valence-corrected chi connectivity index (χ2v) is 5.80. The van der Waals surface area contributed by atoms with Crippen molar-refractivity contribution >= 4 is 11.6 Å². The molecule has 116 valence electrons. The van der Waals surface area contributed by atoms with Crippen molar-refractivity contribution in [1.82, 2.24) is 20.0 Å². The van der Waals surface area contributed by atoms with Crippen molar-refractivity contribution in [3.05, 3.63) is 16.4 Å². The van der Waals surface area contributed by atoms with Gasteiger partial charge in [-0.3, -0.25) is 4.68 Å². The van der Waals surface area contributed by atoms with E-state index < -0.39 is 0 Å². The van der Waals surface area contributed by atoms with E-state index in [4.69, 9.17) is 11.6 Å². The van der Waals surface area contributed by atoms with Crippen LogP contribution in [0.4, 0.5) is 0 Å². The predicted molar refractivity (Wildman–Crippen MR) is 86.3 cm³/mol. The summed E-state index contributed by atoms with van der Waals surface area (Å²) in [6.45, 7) is 12.9. The number of halogens is 1. The lowest BCUT2D eigenvalue weighted by atomic mass is 10.1. The van der Waals surface area contributed by atoms with Crippen LogP contribution in [0, 0.1) is 6.92 Å². The van der Waals surface area contributed by atoms with Crippen molar-refractivity contribution in [2.45, 2.75) is 53.1 Å². The monoisotopic (exact) mass is 300 g/mol. The van der Waals surface area contributed by atoms with Gasteiger partial charge in [0.1, 0.15) is 0 Å². The first-order valence-corrected chi connectivity index (χ1v) is 8.01. The Morgan fingerprint density at radius 1 is 1.35 bits per heavy atom. The van der Waals surface area contributed by atoms with E-state index in [-0.39, 0.29) is 0 Å². The summed E-state index contributed by atoms with van der Waals surface area (Å²) in [5.41, 5.74) is 1.97. The van der Waals surface area contributed by atoms with E-state index in [0.717, 1.165) is 36.0 Å². The third kappa shape index (κ3) is 5.08. The molecule has 0 fully saturated rings. The van der Waals surface area contributed by atoms with E-state index in [1.807, 2.05) is 18.7 Å². The molecule has 0 aliphatic heterocycles. The third-order valence-corrected chi connectivity index (χ3v) is 4.38. The Morgan fingerprint density at radius 2 is 2.00 bits per heavy atom. The van der Waals surface area contributed by atoms with Gasteiger partial charge in [-0.1, -0.05) is 25.4 Å². The van der Waals surface area contributed by atoms with Crippen LogP contribution in [-0.4, -0.2) is 40.4 Å². The molecule has 0 aromatic carbocycles. The maximum Gasteiger partial charge on any atom is 0.0860 e. The molecule has 0 aliphatic carbocycles. The highest BCUT2D eigenvalue weighted by Gasteiger charge is 2.12. The Labute approximate surface area is 128 Å². The molecule has 1 aromatic heterocycles. The SMILES string of the molecule is CCN(CC)CCCC(C)NCc1c(Cl)c(C)nn1C. The van der Waals surface area contributed by atoms with Crippen molar-refractivity contribution in [2.24, 2.45) is 7.05 Å². The number of nitrogens with zero attached hydrogens (tertiary/aromatic N) is 3. The predicted octanol–water partition coefficient (Wildman–Crippen LogP) is 2.98. The molecule has 1 unspecified atom stereocenters. The van der Waals surface area contributed by atoms with Crippen LogP contribution in [0.1, 0.15) is 45.0 Å². The van der Waals surface area contributed by atoms with Gasteiger partial charge in [0.15, 0.2) is 0 Å². The molecule has 0 aliphatic rings. The van der Waals surface area contributed by atoms with Crippen molar-refractivity contribution in [3.8, 4) is 0 Å². The molecular weight excluding hydrogens is 272 g/mol. The van der Waals surface area contributed by atoms with Crippen molar-refractivity contribution < 1.29 is 0 Å². The van der Waals surface area contributed by atoms with Crippen LogP contribution in [0.2, 0.25) is 5.02 Å². The molecule has 1 rings (SSSR count). The maximum atomic E-state index is 6.25. The number of hydrogen-bond donors (Lipinski definition) is 1. The van der Waals surface area contributed by atoms with Crippen LogP contribution in [0.25, 0.3) is 0 Å². The summed E-state index contributed by atoms with van der Waals surface area (Å²) in [6.07, 6.45) is 2.42. The molecular formula is C15H29ClN4. The van der Waals surface area contributed by atoms with Crippen LogP contribution in [0.15, 0.2) is 0 Å². The van der Waals surface area contributed by atoms with Gasteiger partial charge < -0.3 is 10.2 Å². The lowest BCUT2D eigenvalue weighted by molar-refractivity contribution is 0.290. The first-order chi connectivity index (χ1) is 9.49. The standard InChI is InChI=1S/C15H29ClN4/c1-6-20(7-2)10-8-9-12(3)17-11-14-15(16)13(4)18-19(14)5/h12,17H,6-11H2,1-5H3. The van der Waals surface area contributed by atoms with E-state index in [0.29, 0.717) is 6.04 Å². The van der Waals surface area contributed by atoms with Crippen LogP contribution in [0.5, 0.6) is 0 Å². The van der Waals surface area contributed by atoms with Crippen LogP contribution < -0.4 is 5.32 Å². The topological polar surface area (TPSA) is 33.1 Å². The number of rotatable bonds is 9. The molecule has 1 heterocycles. The van der Waals surface area contributed by atoms with Gasteiger partial charge in [-0.2, -0.15) is 5.10 Å². The second kappa shape index (κ2) is 8.65. The fourth-order valence-corrected chi connectivity index (χ4v) is 2.63. The second-order valence-electron chi connectivity index (χ2n) is 5.42. The molecule has 0 saturated carbocycles. The zero-order valence-electron chi connectivity index (χ0n) is 13.5. The van der Waals surface area contributed by atoms with Crippen LogP contribution in [-0.2, 0) is 13.6 Å². The number of hydrogen-bond acceptors (Lipinski definition) is 3. The van der Waals surface area contributed by atoms with Crippen LogP contribution >= 0.6 is 11.6 Å². The fourth-order valence-electron chi connectivity index (χ4n) is 2.41. The van der Waals surface area contributed by atoms with E-state index in [1.54, 1.807) is 0 Å². The maximum absolute atomic E-state index is 6.25. The molecule has 0 spiro atoms. The summed E-state index contributed by atoms with van der Waals surface area (Å²) in [5, 5.41) is 8.66. The highest BCUT2D eigenvalue weighted by atomic mass is 35.5. The average molecular weight is 301 g/mol. The van der Waals surface area contributed by atoms with Gasteiger partial charge in [0.25, 0.3) is 0 Å². The number of nitrogens with one attached hydrogen (secondary N) is 1. The largest absolute Gasteiger partial charge is 0.309 e. The summed E-state index contributed by atoms with van der Waals surface area (Å²) >= 11 is 6.25. The van der Waals surface area contributed by atoms with Gasteiger partial charge in [-0.25, -0.2) is 0 Å². The number of aryl methyl sites for hydroxylation is 2. The first kappa shape index (κ1) is 17.5. The summed E-state index contributed by atoms with van der Waals surface area (Å²) in [7, 11) is 1.95. The highest BCUT2D eigenvalue weighted by molar-refractivity contribution is 6.31. The molecule has 0 amide bonds. The third-order valence-electron chi connectivity index (χ3n) is 3.89. The van der Waals surface area contributed by atoms with Crippen LogP contribution in [0.3, 0.4) is 0 Å². The van der Waals surface area contributed by atoms with Gasteiger partial charge in [-0.05, 0) is 46.3 Å². The van der Waals surface area contributed by atoms with Crippen molar-refractivity contribution in [2.75, 3.05) is 19.6 Å². The Hall–Kier alpha value is -0.580. The molecule has 1 atom stereocenters. The lowest BCUT2D eigenvalue weighted by Crippen LogP contribution is -2.29. The van der Waals surface area contributed by atoms with E-state index in [1.165, 1.54) is 19.4 Å². The Bertz CT molecular complexity index is 399. The summed E-state index contributed by atoms with van der Waals surface area (Å²) in [5.74, 6) is 0. The molecule has 0 saturated heterocycles. The van der Waals surface area contributed by atoms with Crippen molar-refractivity contribution in [3.63, 3.8) is 0 Å². The molecule has 20 heavy (non-hydrogen) atoms. The molecule has 0 radical (unpaired) electrons. The lowest BCUT2D eigenvalue weighted by Gasteiger charge is -2.19. The summed E-state index contributed by atoms with van der Waals surface area (Å²) in [6, 6.07) is 0.497. The van der Waals surface area contributed by atoms with E-state index in [9.17, 15) is 0 Å². The van der Waals surface area contributed by atoms with Gasteiger partial charge in [0, 0.05) is 19.6 Å². The Balaban J connectivity index is 2.31. The quantitative estimate of drug-likeness (QED) is 0.761. The van der Waals surface area contributed by atoms with Gasteiger partial charge in [0.05, 0.1) is 16.4 Å². The molecule has 5 heteroatoms. The van der Waals surface area contributed by atoms with Crippen molar-refractivity contribution in [1.29, 1.82) is 0 Å². The van der Waals surface area contributed by atoms with Gasteiger partial charge >= 0.3 is 0 Å². The molecule has 1 aromatic rings. The van der Waals surface area contributed by atoms with Gasteiger partial charge in [-0.15, -0.1) is 0 Å². The first-order valence-electron chi connectivity index (χ1n) is 7.63.